The van der Waals surface area contributed by atoms with Crippen LogP contribution in [-0.2, 0) is 11.2 Å². The molecule has 0 saturated heterocycles. The van der Waals surface area contributed by atoms with Gasteiger partial charge in [0.25, 0.3) is 0 Å². The monoisotopic (exact) mass is 307 g/mol. The summed E-state index contributed by atoms with van der Waals surface area (Å²) in [6, 6.07) is 13.6. The highest BCUT2D eigenvalue weighted by Gasteiger charge is 2.12. The van der Waals surface area contributed by atoms with Gasteiger partial charge in [-0.3, -0.25) is 4.79 Å². The SMILES string of the molecule is O=C(CSc1cccs1)NC(CO)Cc1ccccc1. The van der Waals surface area contributed by atoms with Gasteiger partial charge in [0.05, 0.1) is 22.6 Å². The Morgan fingerprint density at radius 3 is 2.70 bits per heavy atom. The second-order valence-corrected chi connectivity index (χ2v) is 6.58. The smallest absolute Gasteiger partial charge is 0.230 e. The molecule has 1 aromatic carbocycles. The molecule has 1 atom stereocenters. The van der Waals surface area contributed by atoms with Crippen molar-refractivity contribution in [3.8, 4) is 0 Å². The molecule has 2 N–H and O–H groups in total. The minimum atomic E-state index is -0.228. The highest BCUT2D eigenvalue weighted by Crippen LogP contribution is 2.22. The fourth-order valence-electron chi connectivity index (χ4n) is 1.81. The molecule has 0 bridgehead atoms. The van der Waals surface area contributed by atoms with Gasteiger partial charge < -0.3 is 10.4 Å². The van der Waals surface area contributed by atoms with E-state index in [1.807, 2.05) is 47.8 Å². The van der Waals surface area contributed by atoms with E-state index in [9.17, 15) is 9.90 Å². The number of thioether (sulfide) groups is 1. The minimum absolute atomic E-state index is 0.0432. The van der Waals surface area contributed by atoms with E-state index in [0.717, 1.165) is 9.77 Å². The summed E-state index contributed by atoms with van der Waals surface area (Å²) in [5, 5.41) is 14.2. The predicted octanol–water partition coefficient (Wildman–Crippen LogP) is 2.56. The molecule has 1 heterocycles. The van der Waals surface area contributed by atoms with Crippen molar-refractivity contribution in [3.05, 3.63) is 53.4 Å². The van der Waals surface area contributed by atoms with Crippen molar-refractivity contribution < 1.29 is 9.90 Å². The maximum Gasteiger partial charge on any atom is 0.230 e. The average Bonchev–Trinajstić information content (AvgIpc) is 2.99. The van der Waals surface area contributed by atoms with Gasteiger partial charge >= 0.3 is 0 Å². The maximum atomic E-state index is 11.9. The van der Waals surface area contributed by atoms with Crippen LogP contribution in [0.2, 0.25) is 0 Å². The standard InChI is InChI=1S/C15H17NO2S2/c17-10-13(9-12-5-2-1-3-6-12)16-14(18)11-20-15-7-4-8-19-15/h1-8,13,17H,9-11H2,(H,16,18). The normalized spacial score (nSPS) is 12.1. The Morgan fingerprint density at radius 2 is 2.05 bits per heavy atom. The number of hydrogen-bond donors (Lipinski definition) is 2. The molecule has 1 unspecified atom stereocenters. The molecule has 1 amide bonds. The van der Waals surface area contributed by atoms with Crippen molar-refractivity contribution in [3.63, 3.8) is 0 Å². The van der Waals surface area contributed by atoms with Crippen molar-refractivity contribution in [1.29, 1.82) is 0 Å². The van der Waals surface area contributed by atoms with Gasteiger partial charge in [0.1, 0.15) is 0 Å². The number of amides is 1. The van der Waals surface area contributed by atoms with Gasteiger partial charge in [-0.15, -0.1) is 23.1 Å². The van der Waals surface area contributed by atoms with E-state index < -0.39 is 0 Å². The van der Waals surface area contributed by atoms with E-state index in [0.29, 0.717) is 12.2 Å². The number of hydrogen-bond acceptors (Lipinski definition) is 4. The molecule has 1 aromatic heterocycles. The third kappa shape index (κ3) is 5.00. The Balaban J connectivity index is 1.79. The molecule has 0 aliphatic rings. The topological polar surface area (TPSA) is 49.3 Å². The molecule has 5 heteroatoms. The van der Waals surface area contributed by atoms with Crippen LogP contribution >= 0.6 is 23.1 Å². The van der Waals surface area contributed by atoms with Crippen molar-refractivity contribution >= 4 is 29.0 Å². The molecular weight excluding hydrogens is 290 g/mol. The fraction of sp³-hybridized carbons (Fsp3) is 0.267. The number of aliphatic hydroxyl groups excluding tert-OH is 1. The van der Waals surface area contributed by atoms with Crippen LogP contribution in [-0.4, -0.2) is 29.4 Å². The quantitative estimate of drug-likeness (QED) is 0.773. The minimum Gasteiger partial charge on any atom is -0.394 e. The van der Waals surface area contributed by atoms with Gasteiger partial charge in [-0.25, -0.2) is 0 Å². The molecule has 0 aliphatic heterocycles. The van der Waals surface area contributed by atoms with E-state index >= 15 is 0 Å². The van der Waals surface area contributed by atoms with Crippen LogP contribution in [0.4, 0.5) is 0 Å². The summed E-state index contributed by atoms with van der Waals surface area (Å²) in [7, 11) is 0. The number of carbonyl (C=O) groups excluding carboxylic acids is 1. The lowest BCUT2D eigenvalue weighted by molar-refractivity contribution is -0.119. The first kappa shape index (κ1) is 15.1. The maximum absolute atomic E-state index is 11.9. The molecule has 2 rings (SSSR count). The zero-order chi connectivity index (χ0) is 14.2. The number of rotatable bonds is 7. The largest absolute Gasteiger partial charge is 0.394 e. The second kappa shape index (κ2) is 8.09. The van der Waals surface area contributed by atoms with Crippen LogP contribution in [0.1, 0.15) is 5.56 Å². The van der Waals surface area contributed by atoms with Crippen molar-refractivity contribution in [2.45, 2.75) is 16.7 Å². The third-order valence-corrected chi connectivity index (χ3v) is 4.88. The van der Waals surface area contributed by atoms with Gasteiger partial charge in [-0.2, -0.15) is 0 Å². The molecule has 0 saturated carbocycles. The number of aliphatic hydroxyl groups is 1. The number of carbonyl (C=O) groups is 1. The van der Waals surface area contributed by atoms with Gasteiger partial charge in [0.15, 0.2) is 0 Å². The third-order valence-electron chi connectivity index (χ3n) is 2.75. The first-order valence-electron chi connectivity index (χ1n) is 6.38. The lowest BCUT2D eigenvalue weighted by Gasteiger charge is -2.16. The Morgan fingerprint density at radius 1 is 1.25 bits per heavy atom. The number of thiophene rings is 1. The summed E-state index contributed by atoms with van der Waals surface area (Å²) in [5.41, 5.74) is 1.11. The molecule has 106 valence electrons. The van der Waals surface area contributed by atoms with Gasteiger partial charge in [0, 0.05) is 0 Å². The molecule has 3 nitrogen and oxygen atoms in total. The van der Waals surface area contributed by atoms with E-state index in [-0.39, 0.29) is 18.6 Å². The lowest BCUT2D eigenvalue weighted by atomic mass is 10.1. The van der Waals surface area contributed by atoms with Gasteiger partial charge in [-0.05, 0) is 23.4 Å². The summed E-state index contributed by atoms with van der Waals surface area (Å²) in [6.07, 6.45) is 0.646. The summed E-state index contributed by atoms with van der Waals surface area (Å²) in [4.78, 5) is 11.9. The zero-order valence-electron chi connectivity index (χ0n) is 11.0. The van der Waals surface area contributed by atoms with Crippen LogP contribution in [0, 0.1) is 0 Å². The Bertz CT molecular complexity index is 514. The molecule has 2 aromatic rings. The van der Waals surface area contributed by atoms with E-state index in [4.69, 9.17) is 0 Å². The van der Waals surface area contributed by atoms with Crippen molar-refractivity contribution in [1.82, 2.24) is 5.32 Å². The van der Waals surface area contributed by atoms with Crippen LogP contribution in [0.15, 0.2) is 52.1 Å². The van der Waals surface area contributed by atoms with Gasteiger partial charge in [0.2, 0.25) is 5.91 Å². The number of benzene rings is 1. The highest BCUT2D eigenvalue weighted by atomic mass is 32.2. The van der Waals surface area contributed by atoms with Crippen LogP contribution in [0.3, 0.4) is 0 Å². The fourth-order valence-corrected chi connectivity index (χ4v) is 3.41. The first-order valence-corrected chi connectivity index (χ1v) is 8.25. The first-order chi connectivity index (χ1) is 9.78. The van der Waals surface area contributed by atoms with Crippen molar-refractivity contribution in [2.75, 3.05) is 12.4 Å². The molecular formula is C15H17NO2S2. The molecule has 20 heavy (non-hydrogen) atoms. The van der Waals surface area contributed by atoms with Crippen LogP contribution in [0.5, 0.6) is 0 Å². The molecule has 0 aliphatic carbocycles. The zero-order valence-corrected chi connectivity index (χ0v) is 12.6. The van der Waals surface area contributed by atoms with Crippen LogP contribution in [0.25, 0.3) is 0 Å². The Labute approximate surface area is 127 Å². The Kier molecular flexibility index (Phi) is 6.11. The highest BCUT2D eigenvalue weighted by molar-refractivity contribution is 8.01. The van der Waals surface area contributed by atoms with E-state index in [2.05, 4.69) is 5.32 Å². The molecule has 0 spiro atoms. The average molecular weight is 307 g/mol. The summed E-state index contributed by atoms with van der Waals surface area (Å²) < 4.78 is 1.13. The van der Waals surface area contributed by atoms with E-state index in [1.165, 1.54) is 11.8 Å². The number of nitrogens with one attached hydrogen (secondary N) is 1. The second-order valence-electron chi connectivity index (χ2n) is 4.36. The van der Waals surface area contributed by atoms with Gasteiger partial charge in [-0.1, -0.05) is 36.4 Å². The molecule has 0 radical (unpaired) electrons. The van der Waals surface area contributed by atoms with Crippen molar-refractivity contribution in [2.24, 2.45) is 0 Å². The predicted molar refractivity (Wildman–Crippen MR) is 84.2 cm³/mol. The summed E-state index contributed by atoms with van der Waals surface area (Å²) in [5.74, 6) is 0.338. The van der Waals surface area contributed by atoms with Crippen LogP contribution < -0.4 is 5.32 Å². The molecule has 0 fully saturated rings. The summed E-state index contributed by atoms with van der Waals surface area (Å²) >= 11 is 3.14. The summed E-state index contributed by atoms with van der Waals surface area (Å²) in [6.45, 7) is -0.0513. The van der Waals surface area contributed by atoms with E-state index in [1.54, 1.807) is 11.3 Å². The lowest BCUT2D eigenvalue weighted by Crippen LogP contribution is -2.40. The Hall–Kier alpha value is -1.30.